The number of anilines is 1. The van der Waals surface area contributed by atoms with Gasteiger partial charge in [0.2, 0.25) is 5.43 Å². The van der Waals surface area contributed by atoms with E-state index in [1.807, 2.05) is 0 Å². The number of halogens is 2. The first-order valence-corrected chi connectivity index (χ1v) is 15.0. The van der Waals surface area contributed by atoms with Crippen molar-refractivity contribution in [3.8, 4) is 33.9 Å². The van der Waals surface area contributed by atoms with Crippen LogP contribution in [0.3, 0.4) is 0 Å². The highest BCUT2D eigenvalue weighted by molar-refractivity contribution is 6.09. The number of esters is 1. The minimum atomic E-state index is -1.47. The predicted molar refractivity (Wildman–Crippen MR) is 173 cm³/mol. The number of carbonyl (C=O) groups is 5. The number of hydrogen-bond donors (Lipinski definition) is 5. The summed E-state index contributed by atoms with van der Waals surface area (Å²) in [6.07, 6.45) is 0. The monoisotopic (exact) mass is 732 g/mol. The number of carbonyl (C=O) groups excluding carboxylic acids is 1. The summed E-state index contributed by atoms with van der Waals surface area (Å²) >= 11 is 0. The Morgan fingerprint density at radius 3 is 2.00 bits per heavy atom. The maximum Gasteiger partial charge on any atom is 0.338 e. The van der Waals surface area contributed by atoms with Crippen molar-refractivity contribution in [3.05, 3.63) is 63.8 Å². The number of phenolic OH excluding ortho intramolecular Hbond substituents is 1. The first-order chi connectivity index (χ1) is 24.6. The van der Waals surface area contributed by atoms with Crippen molar-refractivity contribution in [3.63, 3.8) is 0 Å². The molecule has 0 unspecified atom stereocenters. The molecule has 2 aliphatic rings. The number of rotatable bonds is 18. The summed E-state index contributed by atoms with van der Waals surface area (Å²) in [4.78, 5) is 73.2. The third-order valence-electron chi connectivity index (χ3n) is 7.36. The molecule has 4 rings (SSSR count). The largest absolute Gasteiger partial charge is 0.505 e. The fourth-order valence-corrected chi connectivity index (χ4v) is 5.26. The summed E-state index contributed by atoms with van der Waals surface area (Å²) in [6, 6.07) is 5.50. The number of benzene rings is 3. The maximum atomic E-state index is 14.8. The van der Waals surface area contributed by atoms with Gasteiger partial charge in [0.05, 0.1) is 44.7 Å². The van der Waals surface area contributed by atoms with Gasteiger partial charge in [-0.3, -0.25) is 28.9 Å². The Morgan fingerprint density at radius 1 is 0.769 bits per heavy atom. The standard InChI is InChI=1S/C33H30F2N2O15/c1-49-33(48)17-8-22(37(14-30(44)45)15-31(46)47)27(51-5-4-50-3-2-36(12-28(40)41)13-29(42)43)9-16(17)32-18-6-20(34)23(38)10-25(18)52-26-11-24(39)21(35)7-19(26)32/h6-11,38H,2-5,12-15H2,1H3,(H,40,41)(H,42,43)(H,44,45)(H,46,47). The van der Waals surface area contributed by atoms with Gasteiger partial charge in [0, 0.05) is 40.8 Å². The van der Waals surface area contributed by atoms with E-state index in [0.717, 1.165) is 53.3 Å². The zero-order valence-corrected chi connectivity index (χ0v) is 27.1. The van der Waals surface area contributed by atoms with Crippen molar-refractivity contribution in [1.29, 1.82) is 0 Å². The van der Waals surface area contributed by atoms with Crippen molar-refractivity contribution in [2.75, 3.05) is 64.6 Å². The lowest BCUT2D eigenvalue weighted by Crippen LogP contribution is -2.37. The molecule has 0 bridgehead atoms. The third-order valence-corrected chi connectivity index (χ3v) is 7.36. The van der Waals surface area contributed by atoms with E-state index in [-0.39, 0.29) is 76.8 Å². The first kappa shape index (κ1) is 38.5. The number of aromatic hydroxyl groups is 1. The fourth-order valence-electron chi connectivity index (χ4n) is 5.26. The van der Waals surface area contributed by atoms with E-state index in [9.17, 15) is 52.9 Å². The van der Waals surface area contributed by atoms with E-state index in [4.69, 9.17) is 28.8 Å². The molecule has 0 fully saturated rings. The maximum absolute atomic E-state index is 14.8. The van der Waals surface area contributed by atoms with Gasteiger partial charge < -0.3 is 49.1 Å². The van der Waals surface area contributed by atoms with Crippen LogP contribution < -0.4 is 15.1 Å². The van der Waals surface area contributed by atoms with Crippen molar-refractivity contribution >= 4 is 46.5 Å². The predicted octanol–water partition coefficient (Wildman–Crippen LogP) is 2.18. The smallest absolute Gasteiger partial charge is 0.338 e. The van der Waals surface area contributed by atoms with E-state index in [0.29, 0.717) is 0 Å². The number of carboxylic acids is 4. The third kappa shape index (κ3) is 9.25. The SMILES string of the molecule is COC(=O)c1cc(N(CC(=O)O)CC(=O)O)c(OCCOCCN(CC(=O)O)CC(=O)O)cc1-c1c2cc(F)c(=O)cc-2oc2cc(O)c(F)cc12. The van der Waals surface area contributed by atoms with Crippen LogP contribution >= 0.6 is 0 Å². The Hall–Kier alpha value is -6.34. The minimum Gasteiger partial charge on any atom is -0.505 e. The molecule has 0 saturated carbocycles. The summed E-state index contributed by atoms with van der Waals surface area (Å²) in [6.45, 7) is -3.76. The van der Waals surface area contributed by atoms with Gasteiger partial charge in [-0.2, -0.15) is 0 Å². The molecular formula is C33H30F2N2O15. The van der Waals surface area contributed by atoms with Crippen LogP contribution in [0.25, 0.3) is 33.4 Å². The van der Waals surface area contributed by atoms with Crippen LogP contribution in [0.5, 0.6) is 11.5 Å². The van der Waals surface area contributed by atoms with Crippen LogP contribution in [-0.4, -0.2) is 120 Å². The molecule has 17 nitrogen and oxygen atoms in total. The molecule has 276 valence electrons. The highest BCUT2D eigenvalue weighted by atomic mass is 19.1. The molecule has 0 spiro atoms. The molecule has 19 heteroatoms. The Bertz CT molecular complexity index is 2030. The lowest BCUT2D eigenvalue weighted by Gasteiger charge is -2.26. The number of aliphatic carboxylic acids is 4. The molecule has 2 aromatic carbocycles. The molecule has 52 heavy (non-hydrogen) atoms. The summed E-state index contributed by atoms with van der Waals surface area (Å²) in [5, 5.41) is 47.1. The average molecular weight is 733 g/mol. The van der Waals surface area contributed by atoms with Crippen LogP contribution in [0.1, 0.15) is 10.4 Å². The second-order valence-corrected chi connectivity index (χ2v) is 11.0. The lowest BCUT2D eigenvalue weighted by atomic mass is 9.89. The van der Waals surface area contributed by atoms with Gasteiger partial charge in [0.1, 0.15) is 36.8 Å². The topological polar surface area (TPSA) is 251 Å². The van der Waals surface area contributed by atoms with Gasteiger partial charge in [-0.1, -0.05) is 0 Å². The fraction of sp³-hybridized carbons (Fsp3) is 0.273. The summed E-state index contributed by atoms with van der Waals surface area (Å²) in [5.41, 5.74) is -2.33. The second-order valence-electron chi connectivity index (χ2n) is 11.0. The van der Waals surface area contributed by atoms with Gasteiger partial charge in [-0.15, -0.1) is 0 Å². The van der Waals surface area contributed by atoms with Gasteiger partial charge >= 0.3 is 29.8 Å². The molecule has 0 amide bonds. The Balaban J connectivity index is 1.88. The molecule has 0 radical (unpaired) electrons. The highest BCUT2D eigenvalue weighted by Gasteiger charge is 2.29. The Kier molecular flexibility index (Phi) is 12.3. The van der Waals surface area contributed by atoms with Crippen LogP contribution in [-0.2, 0) is 28.7 Å². The summed E-state index contributed by atoms with van der Waals surface area (Å²) in [5.74, 6) is -10.3. The van der Waals surface area contributed by atoms with E-state index < -0.39 is 78.8 Å². The van der Waals surface area contributed by atoms with Crippen molar-refractivity contribution < 1.29 is 76.9 Å². The number of methoxy groups -OCH3 is 1. The summed E-state index contributed by atoms with van der Waals surface area (Å²) in [7, 11) is 1.01. The average Bonchev–Trinajstić information content (AvgIpc) is 3.05. The van der Waals surface area contributed by atoms with E-state index >= 15 is 0 Å². The molecule has 0 saturated heterocycles. The molecule has 5 N–H and O–H groups in total. The van der Waals surface area contributed by atoms with E-state index in [1.165, 1.54) is 0 Å². The van der Waals surface area contributed by atoms with E-state index in [2.05, 4.69) is 0 Å². The number of nitrogens with zero attached hydrogens (tertiary/aromatic N) is 2. The van der Waals surface area contributed by atoms with Gasteiger partial charge in [0.25, 0.3) is 0 Å². The first-order valence-electron chi connectivity index (χ1n) is 15.0. The van der Waals surface area contributed by atoms with Crippen molar-refractivity contribution in [2.24, 2.45) is 0 Å². The van der Waals surface area contributed by atoms with Gasteiger partial charge in [-0.25, -0.2) is 13.6 Å². The van der Waals surface area contributed by atoms with Gasteiger partial charge in [0.15, 0.2) is 17.4 Å². The number of carboxylic acid groups (broad SMARTS) is 4. The van der Waals surface area contributed by atoms with Crippen LogP contribution in [0.4, 0.5) is 14.5 Å². The van der Waals surface area contributed by atoms with Crippen LogP contribution in [0, 0.1) is 11.6 Å². The van der Waals surface area contributed by atoms with Crippen molar-refractivity contribution in [2.45, 2.75) is 0 Å². The highest BCUT2D eigenvalue weighted by Crippen LogP contribution is 2.46. The molecule has 1 aliphatic carbocycles. The summed E-state index contributed by atoms with van der Waals surface area (Å²) < 4.78 is 51.6. The normalized spacial score (nSPS) is 11.2. The number of ether oxygens (including phenoxy) is 3. The van der Waals surface area contributed by atoms with E-state index in [1.54, 1.807) is 0 Å². The van der Waals surface area contributed by atoms with Crippen LogP contribution in [0.2, 0.25) is 0 Å². The Labute approximate surface area is 290 Å². The molecular weight excluding hydrogens is 702 g/mol. The Morgan fingerprint density at radius 2 is 1.40 bits per heavy atom. The molecule has 1 aliphatic heterocycles. The zero-order chi connectivity index (χ0) is 38.3. The van der Waals surface area contributed by atoms with Crippen molar-refractivity contribution in [1.82, 2.24) is 4.90 Å². The number of phenols is 1. The van der Waals surface area contributed by atoms with Gasteiger partial charge in [-0.05, 0) is 24.3 Å². The number of fused-ring (bicyclic) bond motifs is 2. The molecule has 0 aromatic heterocycles. The molecule has 1 heterocycles. The quantitative estimate of drug-likeness (QED) is 0.0558. The number of hydrogen-bond acceptors (Lipinski definition) is 13. The minimum absolute atomic E-state index is 0.0974. The zero-order valence-electron chi connectivity index (χ0n) is 27.1. The second kappa shape index (κ2) is 16.6. The molecule has 0 atom stereocenters. The molecule has 2 aromatic rings. The lowest BCUT2D eigenvalue weighted by molar-refractivity contribution is -0.142. The van der Waals surface area contributed by atoms with Crippen LogP contribution in [0.15, 0.2) is 45.6 Å².